The third-order valence-corrected chi connectivity index (χ3v) is 3.87. The summed E-state index contributed by atoms with van der Waals surface area (Å²) in [6.45, 7) is 3.80. The van der Waals surface area contributed by atoms with Crippen LogP contribution in [0.2, 0.25) is 0 Å². The Bertz CT molecular complexity index is 681. The summed E-state index contributed by atoms with van der Waals surface area (Å²) in [7, 11) is 0. The third-order valence-electron chi connectivity index (χ3n) is 2.92. The topological polar surface area (TPSA) is 75.1 Å². The highest BCUT2D eigenvalue weighted by molar-refractivity contribution is 7.10. The average molecular weight is 266 g/mol. The van der Waals surface area contributed by atoms with Gasteiger partial charge in [-0.25, -0.2) is 4.79 Å². The van der Waals surface area contributed by atoms with Crippen LogP contribution in [-0.2, 0) is 13.0 Å². The first-order chi connectivity index (χ1) is 8.54. The summed E-state index contributed by atoms with van der Waals surface area (Å²) in [5, 5.41) is 11.8. The van der Waals surface area contributed by atoms with Crippen LogP contribution in [0.4, 0.5) is 0 Å². The van der Waals surface area contributed by atoms with E-state index in [-0.39, 0.29) is 18.0 Å². The monoisotopic (exact) mass is 266 g/mol. The van der Waals surface area contributed by atoms with Crippen molar-refractivity contribution in [3.63, 3.8) is 0 Å². The van der Waals surface area contributed by atoms with Gasteiger partial charge in [0.25, 0.3) is 5.56 Å². The number of aromatic amines is 1. The Morgan fingerprint density at radius 3 is 2.83 bits per heavy atom. The van der Waals surface area contributed by atoms with Crippen LogP contribution in [0.3, 0.4) is 0 Å². The van der Waals surface area contributed by atoms with Gasteiger partial charge in [-0.15, -0.1) is 11.3 Å². The van der Waals surface area contributed by atoms with Crippen molar-refractivity contribution in [1.29, 1.82) is 0 Å². The van der Waals surface area contributed by atoms with Crippen LogP contribution >= 0.6 is 11.3 Å². The number of thiophene rings is 1. The van der Waals surface area contributed by atoms with E-state index in [0.29, 0.717) is 0 Å². The largest absolute Gasteiger partial charge is 0.494 e. The van der Waals surface area contributed by atoms with Crippen molar-refractivity contribution in [2.24, 2.45) is 0 Å². The first-order valence-corrected chi connectivity index (χ1v) is 6.50. The molecule has 2 heterocycles. The van der Waals surface area contributed by atoms with Crippen LogP contribution in [0.1, 0.15) is 22.9 Å². The number of H-pyrrole nitrogens is 1. The van der Waals surface area contributed by atoms with E-state index in [2.05, 4.69) is 4.98 Å². The van der Waals surface area contributed by atoms with Gasteiger partial charge in [-0.3, -0.25) is 14.3 Å². The summed E-state index contributed by atoms with van der Waals surface area (Å²) >= 11 is 1.53. The molecular weight excluding hydrogens is 252 g/mol. The maximum Gasteiger partial charge on any atom is 0.331 e. The minimum Gasteiger partial charge on any atom is -0.494 e. The first-order valence-electron chi connectivity index (χ1n) is 5.62. The number of hydrogen-bond donors (Lipinski definition) is 2. The van der Waals surface area contributed by atoms with Crippen LogP contribution in [0.5, 0.6) is 5.88 Å². The summed E-state index contributed by atoms with van der Waals surface area (Å²) in [6, 6.07) is 2.00. The van der Waals surface area contributed by atoms with Crippen molar-refractivity contribution in [2.45, 2.75) is 26.8 Å². The number of nitrogens with one attached hydrogen (secondary N) is 1. The molecule has 0 saturated heterocycles. The molecule has 0 radical (unpaired) electrons. The SMILES string of the molecule is CCc1ccsc1Cn1c(O)c(C)c(=O)[nH]c1=O. The number of nitrogens with zero attached hydrogens (tertiary/aromatic N) is 1. The molecule has 0 aliphatic heterocycles. The van der Waals surface area contributed by atoms with Gasteiger partial charge in [0.1, 0.15) is 0 Å². The van der Waals surface area contributed by atoms with Gasteiger partial charge < -0.3 is 5.11 Å². The molecule has 6 heteroatoms. The molecule has 2 aromatic rings. The second kappa shape index (κ2) is 4.81. The molecule has 0 aliphatic rings. The van der Waals surface area contributed by atoms with E-state index in [9.17, 15) is 14.7 Å². The third kappa shape index (κ3) is 2.11. The predicted octanol–water partition coefficient (Wildman–Crippen LogP) is 1.22. The number of hydrogen-bond acceptors (Lipinski definition) is 4. The zero-order valence-corrected chi connectivity index (χ0v) is 11.0. The Morgan fingerprint density at radius 1 is 1.44 bits per heavy atom. The van der Waals surface area contributed by atoms with Crippen LogP contribution in [0.25, 0.3) is 0 Å². The van der Waals surface area contributed by atoms with Crippen molar-refractivity contribution in [2.75, 3.05) is 0 Å². The molecule has 0 bridgehead atoms. The number of aryl methyl sites for hydroxylation is 1. The molecule has 2 N–H and O–H groups in total. The molecule has 0 amide bonds. The number of rotatable bonds is 3. The lowest BCUT2D eigenvalue weighted by atomic mass is 10.2. The molecule has 0 atom stereocenters. The zero-order valence-electron chi connectivity index (χ0n) is 10.2. The van der Waals surface area contributed by atoms with Crippen molar-refractivity contribution in [3.05, 3.63) is 48.3 Å². The molecule has 0 fully saturated rings. The fraction of sp³-hybridized carbons (Fsp3) is 0.333. The van der Waals surface area contributed by atoms with E-state index in [1.54, 1.807) is 0 Å². The van der Waals surface area contributed by atoms with Crippen molar-refractivity contribution >= 4 is 11.3 Å². The summed E-state index contributed by atoms with van der Waals surface area (Å²) < 4.78 is 1.18. The van der Waals surface area contributed by atoms with Crippen LogP contribution in [-0.4, -0.2) is 14.7 Å². The molecule has 0 saturated carbocycles. The van der Waals surface area contributed by atoms with Gasteiger partial charge in [0.2, 0.25) is 5.88 Å². The van der Waals surface area contributed by atoms with Gasteiger partial charge in [0.05, 0.1) is 12.1 Å². The van der Waals surface area contributed by atoms with Crippen LogP contribution in [0, 0.1) is 6.92 Å². The van der Waals surface area contributed by atoms with Gasteiger partial charge >= 0.3 is 5.69 Å². The zero-order chi connectivity index (χ0) is 13.3. The summed E-state index contributed by atoms with van der Waals surface area (Å²) in [4.78, 5) is 26.2. The quantitative estimate of drug-likeness (QED) is 0.877. The molecule has 2 aromatic heterocycles. The van der Waals surface area contributed by atoms with E-state index in [1.165, 1.54) is 22.8 Å². The molecule has 0 aromatic carbocycles. The predicted molar refractivity (Wildman–Crippen MR) is 70.5 cm³/mol. The summed E-state index contributed by atoms with van der Waals surface area (Å²) in [5.41, 5.74) is 0.175. The maximum absolute atomic E-state index is 11.7. The molecule has 0 spiro atoms. The lowest BCUT2D eigenvalue weighted by molar-refractivity contribution is 0.405. The second-order valence-electron chi connectivity index (χ2n) is 4.02. The highest BCUT2D eigenvalue weighted by Gasteiger charge is 2.12. The smallest absolute Gasteiger partial charge is 0.331 e. The van der Waals surface area contributed by atoms with Gasteiger partial charge in [-0.1, -0.05) is 6.92 Å². The van der Waals surface area contributed by atoms with Crippen molar-refractivity contribution < 1.29 is 5.11 Å². The molecule has 18 heavy (non-hydrogen) atoms. The van der Waals surface area contributed by atoms with Crippen LogP contribution in [0.15, 0.2) is 21.0 Å². The Hall–Kier alpha value is -1.82. The number of aromatic nitrogens is 2. The Balaban J connectivity index is 2.51. The van der Waals surface area contributed by atoms with Crippen molar-refractivity contribution in [1.82, 2.24) is 9.55 Å². The van der Waals surface area contributed by atoms with E-state index in [0.717, 1.165) is 16.9 Å². The number of aromatic hydroxyl groups is 1. The lowest BCUT2D eigenvalue weighted by Crippen LogP contribution is -2.31. The Kier molecular flexibility index (Phi) is 3.38. The highest BCUT2D eigenvalue weighted by atomic mass is 32.1. The van der Waals surface area contributed by atoms with E-state index >= 15 is 0 Å². The minimum atomic E-state index is -0.585. The molecular formula is C12H14N2O3S. The summed E-state index contributed by atoms with van der Waals surface area (Å²) in [6.07, 6.45) is 0.872. The van der Waals surface area contributed by atoms with E-state index in [1.807, 2.05) is 18.4 Å². The Labute approximate surface area is 107 Å². The highest BCUT2D eigenvalue weighted by Crippen LogP contribution is 2.20. The molecule has 96 valence electrons. The summed E-state index contributed by atoms with van der Waals surface area (Å²) in [5.74, 6) is -0.265. The Morgan fingerprint density at radius 2 is 2.17 bits per heavy atom. The lowest BCUT2D eigenvalue weighted by Gasteiger charge is -2.09. The average Bonchev–Trinajstić information content (AvgIpc) is 2.79. The fourth-order valence-electron chi connectivity index (χ4n) is 1.77. The molecule has 0 aliphatic carbocycles. The van der Waals surface area contributed by atoms with Gasteiger partial charge in [-0.05, 0) is 30.4 Å². The standard InChI is InChI=1S/C12H14N2O3S/c1-3-8-4-5-18-9(8)6-14-11(16)7(2)10(15)13-12(14)17/h4-5,16H,3,6H2,1-2H3,(H,13,15,17). The van der Waals surface area contributed by atoms with Gasteiger partial charge in [0.15, 0.2) is 0 Å². The van der Waals surface area contributed by atoms with Gasteiger partial charge in [0, 0.05) is 4.88 Å². The second-order valence-corrected chi connectivity index (χ2v) is 5.02. The molecule has 2 rings (SSSR count). The maximum atomic E-state index is 11.7. The fourth-order valence-corrected chi connectivity index (χ4v) is 2.73. The van der Waals surface area contributed by atoms with Crippen molar-refractivity contribution in [3.8, 4) is 5.88 Å². The van der Waals surface area contributed by atoms with Gasteiger partial charge in [-0.2, -0.15) is 0 Å². The van der Waals surface area contributed by atoms with Crippen LogP contribution < -0.4 is 11.2 Å². The minimum absolute atomic E-state index is 0.157. The first kappa shape index (κ1) is 12.6. The molecule has 0 unspecified atom stereocenters. The molecule has 5 nitrogen and oxygen atoms in total. The van der Waals surface area contributed by atoms with E-state index in [4.69, 9.17) is 0 Å². The van der Waals surface area contributed by atoms with E-state index < -0.39 is 11.2 Å². The normalized spacial score (nSPS) is 10.8.